The predicted octanol–water partition coefficient (Wildman–Crippen LogP) is 2.47. The second-order valence-corrected chi connectivity index (χ2v) is 6.43. The minimum absolute atomic E-state index is 0.0596. The van der Waals surface area contributed by atoms with Crippen LogP contribution in [0.3, 0.4) is 0 Å². The van der Waals surface area contributed by atoms with Crippen LogP contribution in [0.4, 0.5) is 10.5 Å². The van der Waals surface area contributed by atoms with Gasteiger partial charge in [0.15, 0.2) is 0 Å². The Morgan fingerprint density at radius 2 is 1.86 bits per heavy atom. The van der Waals surface area contributed by atoms with Crippen molar-refractivity contribution in [2.45, 2.75) is 18.9 Å². The molecule has 2 rings (SSSR count). The zero-order valence-corrected chi connectivity index (χ0v) is 13.1. The summed E-state index contributed by atoms with van der Waals surface area (Å²) < 4.78 is 0. The topological polar surface area (TPSA) is 70.2 Å². The van der Waals surface area contributed by atoms with Crippen molar-refractivity contribution in [1.82, 2.24) is 10.6 Å². The van der Waals surface area contributed by atoms with E-state index in [9.17, 15) is 9.59 Å². The summed E-state index contributed by atoms with van der Waals surface area (Å²) in [6.45, 7) is -0.0596. The van der Waals surface area contributed by atoms with E-state index in [4.69, 9.17) is 11.6 Å². The summed E-state index contributed by atoms with van der Waals surface area (Å²) in [7, 11) is 0. The van der Waals surface area contributed by atoms with Gasteiger partial charge in [0.25, 0.3) is 0 Å². The van der Waals surface area contributed by atoms with Crippen molar-refractivity contribution in [2.75, 3.05) is 23.4 Å². The molecule has 0 spiro atoms. The Balaban J connectivity index is 1.68. The number of hydrogen-bond donors (Lipinski definition) is 3. The first kappa shape index (κ1) is 16.0. The fraction of sp³-hybridized carbons (Fsp3) is 0.429. The molecule has 21 heavy (non-hydrogen) atoms. The fourth-order valence-electron chi connectivity index (χ4n) is 1.98. The summed E-state index contributed by atoms with van der Waals surface area (Å²) in [6, 6.07) is 6.72. The summed E-state index contributed by atoms with van der Waals surface area (Å²) in [5.74, 6) is 1.87. The van der Waals surface area contributed by atoms with Crippen molar-refractivity contribution in [3.8, 4) is 0 Å². The van der Waals surface area contributed by atoms with Gasteiger partial charge in [-0.3, -0.25) is 4.79 Å². The van der Waals surface area contributed by atoms with Gasteiger partial charge in [0.05, 0.1) is 6.54 Å². The van der Waals surface area contributed by atoms with Crippen LogP contribution < -0.4 is 16.0 Å². The molecule has 3 N–H and O–H groups in total. The molecule has 0 atom stereocenters. The van der Waals surface area contributed by atoms with Gasteiger partial charge < -0.3 is 16.0 Å². The second-order valence-electron chi connectivity index (χ2n) is 4.77. The minimum atomic E-state index is -0.293. The number of carbonyl (C=O) groups excluding carboxylic acids is 2. The SMILES string of the molecule is O=C(CNC(=O)NC1CCSCC1)Nc1ccc(Cl)cc1. The zero-order valence-electron chi connectivity index (χ0n) is 11.5. The number of amides is 3. The molecule has 0 aliphatic carbocycles. The molecule has 1 saturated heterocycles. The number of halogens is 1. The third kappa shape index (κ3) is 5.85. The van der Waals surface area contributed by atoms with Gasteiger partial charge in [-0.05, 0) is 48.6 Å². The third-order valence-electron chi connectivity index (χ3n) is 3.09. The zero-order chi connectivity index (χ0) is 15.1. The molecule has 0 saturated carbocycles. The Kier molecular flexibility index (Phi) is 6.20. The number of benzene rings is 1. The average molecular weight is 328 g/mol. The highest BCUT2D eigenvalue weighted by atomic mass is 35.5. The van der Waals surface area contributed by atoms with Gasteiger partial charge >= 0.3 is 6.03 Å². The number of carbonyl (C=O) groups is 2. The van der Waals surface area contributed by atoms with Gasteiger partial charge in [-0.2, -0.15) is 11.8 Å². The van der Waals surface area contributed by atoms with E-state index in [1.54, 1.807) is 24.3 Å². The van der Waals surface area contributed by atoms with Crippen molar-refractivity contribution in [2.24, 2.45) is 0 Å². The lowest BCUT2D eigenvalue weighted by Gasteiger charge is -2.22. The first-order valence-corrected chi connectivity index (χ1v) is 8.34. The van der Waals surface area contributed by atoms with E-state index in [0.717, 1.165) is 24.3 Å². The van der Waals surface area contributed by atoms with E-state index in [1.807, 2.05) is 11.8 Å². The molecule has 1 aromatic rings. The monoisotopic (exact) mass is 327 g/mol. The maximum Gasteiger partial charge on any atom is 0.315 e. The van der Waals surface area contributed by atoms with Crippen LogP contribution in [0.5, 0.6) is 0 Å². The van der Waals surface area contributed by atoms with E-state index >= 15 is 0 Å². The highest BCUT2D eigenvalue weighted by molar-refractivity contribution is 7.99. The molecule has 0 bridgehead atoms. The molecule has 5 nitrogen and oxygen atoms in total. The first-order chi connectivity index (χ1) is 10.1. The van der Waals surface area contributed by atoms with Crippen LogP contribution in [0.2, 0.25) is 5.02 Å². The number of anilines is 1. The largest absolute Gasteiger partial charge is 0.335 e. The van der Waals surface area contributed by atoms with E-state index in [-0.39, 0.29) is 24.5 Å². The third-order valence-corrected chi connectivity index (χ3v) is 4.39. The summed E-state index contributed by atoms with van der Waals surface area (Å²) in [5.41, 5.74) is 0.649. The van der Waals surface area contributed by atoms with E-state index in [1.165, 1.54) is 0 Å². The molecule has 114 valence electrons. The van der Waals surface area contributed by atoms with Crippen molar-refractivity contribution in [1.29, 1.82) is 0 Å². The highest BCUT2D eigenvalue weighted by Gasteiger charge is 2.16. The number of urea groups is 1. The quantitative estimate of drug-likeness (QED) is 0.795. The van der Waals surface area contributed by atoms with Gasteiger partial charge in [-0.25, -0.2) is 4.79 Å². The Labute approximate surface area is 133 Å². The molecule has 0 aromatic heterocycles. The predicted molar refractivity (Wildman–Crippen MR) is 87.0 cm³/mol. The van der Waals surface area contributed by atoms with Crippen LogP contribution in [-0.4, -0.2) is 36.0 Å². The van der Waals surface area contributed by atoms with Crippen LogP contribution in [-0.2, 0) is 4.79 Å². The maximum atomic E-state index is 11.7. The summed E-state index contributed by atoms with van der Waals surface area (Å²) in [4.78, 5) is 23.4. The smallest absolute Gasteiger partial charge is 0.315 e. The standard InChI is InChI=1S/C14H18ClN3O2S/c15-10-1-3-11(4-2-10)17-13(19)9-16-14(20)18-12-5-7-21-8-6-12/h1-4,12H,5-9H2,(H,17,19)(H2,16,18,20). The molecule has 3 amide bonds. The number of nitrogens with one attached hydrogen (secondary N) is 3. The Hall–Kier alpha value is -1.40. The van der Waals surface area contributed by atoms with Crippen molar-refractivity contribution >= 4 is 41.0 Å². The molecule has 1 aromatic carbocycles. The van der Waals surface area contributed by atoms with Gasteiger partial charge in [0, 0.05) is 16.8 Å². The highest BCUT2D eigenvalue weighted by Crippen LogP contribution is 2.16. The van der Waals surface area contributed by atoms with E-state index in [2.05, 4.69) is 16.0 Å². The lowest BCUT2D eigenvalue weighted by atomic mass is 10.2. The first-order valence-electron chi connectivity index (χ1n) is 6.81. The second kappa shape index (κ2) is 8.14. The van der Waals surface area contributed by atoms with Crippen LogP contribution in [0.1, 0.15) is 12.8 Å². The molecule has 0 radical (unpaired) electrons. The molecule has 1 heterocycles. The molecular formula is C14H18ClN3O2S. The molecule has 1 fully saturated rings. The molecule has 0 unspecified atom stereocenters. The fourth-order valence-corrected chi connectivity index (χ4v) is 3.21. The van der Waals surface area contributed by atoms with E-state index in [0.29, 0.717) is 10.7 Å². The van der Waals surface area contributed by atoms with Crippen molar-refractivity contribution < 1.29 is 9.59 Å². The van der Waals surface area contributed by atoms with Crippen LogP contribution in [0, 0.1) is 0 Å². The van der Waals surface area contributed by atoms with Crippen LogP contribution in [0.25, 0.3) is 0 Å². The average Bonchev–Trinajstić information content (AvgIpc) is 2.49. The molecule has 7 heteroatoms. The minimum Gasteiger partial charge on any atom is -0.335 e. The summed E-state index contributed by atoms with van der Waals surface area (Å²) >= 11 is 7.67. The van der Waals surface area contributed by atoms with Gasteiger partial charge in [0.2, 0.25) is 5.91 Å². The van der Waals surface area contributed by atoms with E-state index < -0.39 is 0 Å². The number of hydrogen-bond acceptors (Lipinski definition) is 3. The summed E-state index contributed by atoms with van der Waals surface area (Å²) in [6.07, 6.45) is 1.96. The Bertz CT molecular complexity index is 489. The van der Waals surface area contributed by atoms with Crippen molar-refractivity contribution in [3.05, 3.63) is 29.3 Å². The van der Waals surface area contributed by atoms with Gasteiger partial charge in [0.1, 0.15) is 0 Å². The van der Waals surface area contributed by atoms with Gasteiger partial charge in [-0.1, -0.05) is 11.6 Å². The Morgan fingerprint density at radius 3 is 2.52 bits per heavy atom. The molecule has 1 aliphatic rings. The Morgan fingerprint density at radius 1 is 1.19 bits per heavy atom. The number of thioether (sulfide) groups is 1. The normalized spacial score (nSPS) is 15.3. The van der Waals surface area contributed by atoms with Crippen LogP contribution in [0.15, 0.2) is 24.3 Å². The lowest BCUT2D eigenvalue weighted by Crippen LogP contribution is -2.45. The summed E-state index contributed by atoms with van der Waals surface area (Å²) in [5, 5.41) is 8.74. The van der Waals surface area contributed by atoms with Gasteiger partial charge in [-0.15, -0.1) is 0 Å². The number of rotatable bonds is 4. The van der Waals surface area contributed by atoms with Crippen LogP contribution >= 0.6 is 23.4 Å². The molecule has 1 aliphatic heterocycles. The van der Waals surface area contributed by atoms with Crippen molar-refractivity contribution in [3.63, 3.8) is 0 Å². The molecular weight excluding hydrogens is 310 g/mol. The maximum absolute atomic E-state index is 11.7. The lowest BCUT2D eigenvalue weighted by molar-refractivity contribution is -0.115.